The summed E-state index contributed by atoms with van der Waals surface area (Å²) in [7, 11) is 0. The molecule has 1 aliphatic rings. The van der Waals surface area contributed by atoms with Crippen LogP contribution in [-0.2, 0) is 0 Å². The van der Waals surface area contributed by atoms with Gasteiger partial charge in [0.15, 0.2) is 0 Å². The van der Waals surface area contributed by atoms with Crippen LogP contribution in [0.3, 0.4) is 0 Å². The lowest BCUT2D eigenvalue weighted by Crippen LogP contribution is -2.22. The maximum atomic E-state index is 5.65. The molecule has 65 valence electrons. The van der Waals surface area contributed by atoms with Gasteiger partial charge >= 0.3 is 0 Å². The minimum Gasteiger partial charge on any atom is -0.328 e. The lowest BCUT2D eigenvalue weighted by Gasteiger charge is -2.27. The molecule has 0 aromatic carbocycles. The quantitative estimate of drug-likeness (QED) is 0.649. The van der Waals surface area contributed by atoms with Crippen LogP contribution in [0.5, 0.6) is 0 Å². The number of rotatable bonds is 2. The van der Waals surface area contributed by atoms with Crippen molar-refractivity contribution in [2.24, 2.45) is 17.6 Å². The molecule has 0 aromatic rings. The highest BCUT2D eigenvalue weighted by Gasteiger charge is 2.18. The Morgan fingerprint density at radius 2 is 1.91 bits per heavy atom. The van der Waals surface area contributed by atoms with Crippen molar-refractivity contribution in [1.29, 1.82) is 0 Å². The van der Waals surface area contributed by atoms with Crippen LogP contribution in [0.15, 0.2) is 0 Å². The molecule has 0 amide bonds. The number of hydrogen-bond donors (Lipinski definition) is 1. The summed E-state index contributed by atoms with van der Waals surface area (Å²) < 4.78 is 0. The Morgan fingerprint density at radius 3 is 2.36 bits per heavy atom. The molecule has 0 aromatic heterocycles. The fraction of sp³-hybridized carbons (Fsp3) is 0.900. The Kier molecular flexibility index (Phi) is 3.38. The van der Waals surface area contributed by atoms with E-state index in [2.05, 4.69) is 13.8 Å². The summed E-state index contributed by atoms with van der Waals surface area (Å²) in [6.45, 7) is 6.18. The summed E-state index contributed by atoms with van der Waals surface area (Å²) in [6, 6.07) is 0.161. The average molecular weight is 154 g/mol. The Balaban J connectivity index is 2.17. The first-order valence-electron chi connectivity index (χ1n) is 4.77. The number of nitrogens with two attached hydrogens (primary N) is 1. The molecular weight excluding hydrogens is 134 g/mol. The lowest BCUT2D eigenvalue weighted by atomic mass is 9.80. The highest BCUT2D eigenvalue weighted by molar-refractivity contribution is 4.75. The molecule has 0 unspecified atom stereocenters. The largest absolute Gasteiger partial charge is 0.328 e. The number of hydrogen-bond acceptors (Lipinski definition) is 1. The molecule has 1 aliphatic carbocycles. The predicted molar refractivity (Wildman–Crippen MR) is 49.1 cm³/mol. The fourth-order valence-corrected chi connectivity index (χ4v) is 1.99. The van der Waals surface area contributed by atoms with Crippen LogP contribution in [0.4, 0.5) is 0 Å². The molecule has 1 heteroatoms. The van der Waals surface area contributed by atoms with E-state index in [0.29, 0.717) is 0 Å². The van der Waals surface area contributed by atoms with E-state index in [4.69, 9.17) is 5.73 Å². The molecule has 11 heavy (non-hydrogen) atoms. The van der Waals surface area contributed by atoms with E-state index in [1.807, 2.05) is 0 Å². The van der Waals surface area contributed by atoms with Gasteiger partial charge in [-0.05, 0) is 25.2 Å². The van der Waals surface area contributed by atoms with Crippen LogP contribution in [-0.4, -0.2) is 6.04 Å². The van der Waals surface area contributed by atoms with Crippen molar-refractivity contribution in [3.05, 3.63) is 6.92 Å². The van der Waals surface area contributed by atoms with Crippen LogP contribution in [0, 0.1) is 18.8 Å². The zero-order valence-electron chi connectivity index (χ0n) is 7.55. The highest BCUT2D eigenvalue weighted by atomic mass is 14.6. The third-order valence-electron chi connectivity index (χ3n) is 2.77. The van der Waals surface area contributed by atoms with E-state index in [-0.39, 0.29) is 6.04 Å². The monoisotopic (exact) mass is 154 g/mol. The molecule has 1 atom stereocenters. The zero-order valence-corrected chi connectivity index (χ0v) is 7.55. The Bertz CT molecular complexity index is 101. The first kappa shape index (κ1) is 9.05. The minimum atomic E-state index is 0.161. The van der Waals surface area contributed by atoms with Gasteiger partial charge in [0.05, 0.1) is 0 Å². The maximum absolute atomic E-state index is 5.65. The SMILES string of the molecule is [CH2][C@H](N)CC1CCC(C)CC1. The van der Waals surface area contributed by atoms with E-state index >= 15 is 0 Å². The fourth-order valence-electron chi connectivity index (χ4n) is 1.99. The van der Waals surface area contributed by atoms with E-state index < -0.39 is 0 Å². The summed E-state index contributed by atoms with van der Waals surface area (Å²) >= 11 is 0. The summed E-state index contributed by atoms with van der Waals surface area (Å²) in [5.74, 6) is 1.82. The van der Waals surface area contributed by atoms with Crippen molar-refractivity contribution in [1.82, 2.24) is 0 Å². The third kappa shape index (κ3) is 3.24. The molecule has 1 radical (unpaired) electrons. The molecule has 0 aliphatic heterocycles. The van der Waals surface area contributed by atoms with E-state index in [1.165, 1.54) is 25.7 Å². The molecule has 1 nitrogen and oxygen atoms in total. The maximum Gasteiger partial charge on any atom is 0.00420 e. The second-order valence-corrected chi connectivity index (χ2v) is 4.12. The molecule has 2 N–H and O–H groups in total. The standard InChI is InChI=1S/C10H20N/c1-8-3-5-10(6-4-8)7-9(2)11/h8-10H,2-7,11H2,1H3/t8?,9-,10?/m0/s1. The molecule has 0 spiro atoms. The first-order chi connectivity index (χ1) is 5.18. The van der Waals surface area contributed by atoms with Crippen molar-refractivity contribution >= 4 is 0 Å². The van der Waals surface area contributed by atoms with Gasteiger partial charge in [0.25, 0.3) is 0 Å². The zero-order chi connectivity index (χ0) is 8.27. The summed E-state index contributed by atoms with van der Waals surface area (Å²) in [5, 5.41) is 0. The van der Waals surface area contributed by atoms with Crippen molar-refractivity contribution < 1.29 is 0 Å². The molecule has 0 bridgehead atoms. The van der Waals surface area contributed by atoms with Crippen LogP contribution in [0.2, 0.25) is 0 Å². The van der Waals surface area contributed by atoms with Crippen LogP contribution < -0.4 is 5.73 Å². The minimum absolute atomic E-state index is 0.161. The topological polar surface area (TPSA) is 26.0 Å². The average Bonchev–Trinajstić information content (AvgIpc) is 1.93. The van der Waals surface area contributed by atoms with Gasteiger partial charge in [-0.1, -0.05) is 32.6 Å². The van der Waals surface area contributed by atoms with Crippen molar-refractivity contribution in [3.8, 4) is 0 Å². The van der Waals surface area contributed by atoms with Crippen molar-refractivity contribution in [3.63, 3.8) is 0 Å². The third-order valence-corrected chi connectivity index (χ3v) is 2.77. The van der Waals surface area contributed by atoms with Gasteiger partial charge in [-0.2, -0.15) is 0 Å². The van der Waals surface area contributed by atoms with Crippen molar-refractivity contribution in [2.75, 3.05) is 0 Å². The summed E-state index contributed by atoms with van der Waals surface area (Å²) in [4.78, 5) is 0. The first-order valence-corrected chi connectivity index (χ1v) is 4.77. The van der Waals surface area contributed by atoms with Gasteiger partial charge in [-0.15, -0.1) is 0 Å². The Hall–Kier alpha value is -0.0400. The molecule has 1 rings (SSSR count). The van der Waals surface area contributed by atoms with Gasteiger partial charge < -0.3 is 5.73 Å². The van der Waals surface area contributed by atoms with Crippen LogP contribution in [0.1, 0.15) is 39.0 Å². The molecule has 1 saturated carbocycles. The normalized spacial score (nSPS) is 35.2. The van der Waals surface area contributed by atoms with Gasteiger partial charge in [-0.25, -0.2) is 0 Å². The van der Waals surface area contributed by atoms with Gasteiger partial charge in [-0.3, -0.25) is 0 Å². The van der Waals surface area contributed by atoms with Gasteiger partial charge in [0.2, 0.25) is 0 Å². The summed E-state index contributed by atoms with van der Waals surface area (Å²) in [6.07, 6.45) is 6.69. The Labute approximate surface area is 70.4 Å². The van der Waals surface area contributed by atoms with E-state index in [9.17, 15) is 0 Å². The summed E-state index contributed by atoms with van der Waals surface area (Å²) in [5.41, 5.74) is 5.65. The predicted octanol–water partition coefficient (Wildman–Crippen LogP) is 2.36. The molecule has 0 saturated heterocycles. The second kappa shape index (κ2) is 4.10. The van der Waals surface area contributed by atoms with Crippen LogP contribution >= 0.6 is 0 Å². The molecular formula is C10H20N. The molecule has 1 fully saturated rings. The lowest BCUT2D eigenvalue weighted by molar-refractivity contribution is 0.271. The smallest absolute Gasteiger partial charge is 0.00420 e. The Morgan fingerprint density at radius 1 is 1.36 bits per heavy atom. The van der Waals surface area contributed by atoms with Crippen molar-refractivity contribution in [2.45, 2.75) is 45.1 Å². The van der Waals surface area contributed by atoms with Gasteiger partial charge in [0.1, 0.15) is 0 Å². The second-order valence-electron chi connectivity index (χ2n) is 4.12. The highest BCUT2D eigenvalue weighted by Crippen LogP contribution is 2.30. The van der Waals surface area contributed by atoms with Crippen LogP contribution in [0.25, 0.3) is 0 Å². The van der Waals surface area contributed by atoms with Gasteiger partial charge in [0, 0.05) is 6.04 Å². The van der Waals surface area contributed by atoms with E-state index in [0.717, 1.165) is 18.3 Å². The van der Waals surface area contributed by atoms with E-state index in [1.54, 1.807) is 0 Å². The molecule has 0 heterocycles.